The lowest BCUT2D eigenvalue weighted by atomic mass is 10.0. The predicted octanol–water partition coefficient (Wildman–Crippen LogP) is 1.63. The summed E-state index contributed by atoms with van der Waals surface area (Å²) in [5.41, 5.74) is 3.84. The van der Waals surface area contributed by atoms with Gasteiger partial charge in [0.05, 0.1) is 14.2 Å². The molecule has 5 nitrogen and oxygen atoms in total. The van der Waals surface area contributed by atoms with Gasteiger partial charge in [-0.2, -0.15) is 0 Å². The van der Waals surface area contributed by atoms with Crippen LogP contribution < -0.4 is 20.7 Å². The first kappa shape index (κ1) is 14.8. The maximum absolute atomic E-state index is 5.57. The summed E-state index contributed by atoms with van der Waals surface area (Å²) in [5, 5.41) is 0. The second-order valence-electron chi connectivity index (χ2n) is 3.82. The lowest BCUT2D eigenvalue weighted by Gasteiger charge is -2.18. The number of nitrogens with one attached hydrogen (secondary N) is 1. The highest BCUT2D eigenvalue weighted by atomic mass is 16.5. The molecule has 0 saturated heterocycles. The minimum atomic E-state index is 0.0383. The summed E-state index contributed by atoms with van der Waals surface area (Å²) >= 11 is 0. The lowest BCUT2D eigenvalue weighted by Crippen LogP contribution is -2.29. The molecule has 102 valence electrons. The zero-order chi connectivity index (χ0) is 13.4. The number of hydrogen-bond acceptors (Lipinski definition) is 5. The largest absolute Gasteiger partial charge is 0.493 e. The van der Waals surface area contributed by atoms with Crippen molar-refractivity contribution in [3.63, 3.8) is 0 Å². The first-order valence-electron chi connectivity index (χ1n) is 6.02. The molecule has 0 bridgehead atoms. The summed E-state index contributed by atoms with van der Waals surface area (Å²) in [4.78, 5) is 0. The van der Waals surface area contributed by atoms with E-state index in [-0.39, 0.29) is 6.04 Å². The molecule has 0 aliphatic rings. The van der Waals surface area contributed by atoms with Crippen LogP contribution in [0.3, 0.4) is 0 Å². The van der Waals surface area contributed by atoms with Gasteiger partial charge in [-0.25, -0.2) is 0 Å². The van der Waals surface area contributed by atoms with Gasteiger partial charge in [0, 0.05) is 19.3 Å². The second kappa shape index (κ2) is 7.92. The number of hydrazine groups is 1. The van der Waals surface area contributed by atoms with Crippen molar-refractivity contribution in [1.29, 1.82) is 0 Å². The highest BCUT2D eigenvalue weighted by Gasteiger charge is 2.12. The monoisotopic (exact) mass is 254 g/mol. The highest BCUT2D eigenvalue weighted by Crippen LogP contribution is 2.30. The molecule has 18 heavy (non-hydrogen) atoms. The normalized spacial score (nSPS) is 12.2. The second-order valence-corrected chi connectivity index (χ2v) is 3.82. The Morgan fingerprint density at radius 2 is 1.94 bits per heavy atom. The van der Waals surface area contributed by atoms with Gasteiger partial charge in [-0.1, -0.05) is 6.07 Å². The summed E-state index contributed by atoms with van der Waals surface area (Å²) in [5.74, 6) is 6.98. The molecule has 1 unspecified atom stereocenters. The van der Waals surface area contributed by atoms with E-state index in [1.54, 1.807) is 14.2 Å². The Bertz CT molecular complexity index is 358. The third-order valence-electron chi connectivity index (χ3n) is 2.77. The van der Waals surface area contributed by atoms with Crippen molar-refractivity contribution in [3.8, 4) is 11.5 Å². The first-order chi connectivity index (χ1) is 8.76. The van der Waals surface area contributed by atoms with Crippen LogP contribution in [0.15, 0.2) is 18.2 Å². The van der Waals surface area contributed by atoms with Crippen LogP contribution in [0.1, 0.15) is 24.9 Å². The topological polar surface area (TPSA) is 65.7 Å². The maximum Gasteiger partial charge on any atom is 0.161 e. The molecule has 1 aromatic rings. The number of methoxy groups -OCH3 is 2. The Morgan fingerprint density at radius 3 is 2.50 bits per heavy atom. The first-order valence-corrected chi connectivity index (χ1v) is 6.02. The fourth-order valence-electron chi connectivity index (χ4n) is 1.76. The van der Waals surface area contributed by atoms with Gasteiger partial charge in [0.25, 0.3) is 0 Å². The minimum Gasteiger partial charge on any atom is -0.493 e. The molecule has 0 fully saturated rings. The zero-order valence-corrected chi connectivity index (χ0v) is 11.2. The van der Waals surface area contributed by atoms with Crippen molar-refractivity contribution in [2.75, 3.05) is 27.4 Å². The Kier molecular flexibility index (Phi) is 6.49. The number of ether oxygens (including phenoxy) is 3. The maximum atomic E-state index is 5.57. The minimum absolute atomic E-state index is 0.0383. The number of nitrogens with two attached hydrogens (primary N) is 1. The van der Waals surface area contributed by atoms with Gasteiger partial charge in [0.1, 0.15) is 0 Å². The van der Waals surface area contributed by atoms with E-state index >= 15 is 0 Å². The van der Waals surface area contributed by atoms with Crippen LogP contribution in [0.2, 0.25) is 0 Å². The number of benzene rings is 1. The van der Waals surface area contributed by atoms with Crippen molar-refractivity contribution < 1.29 is 14.2 Å². The van der Waals surface area contributed by atoms with Gasteiger partial charge in [-0.15, -0.1) is 0 Å². The SMILES string of the molecule is CCOCCC(NN)c1ccc(OC)c(OC)c1. The average molecular weight is 254 g/mol. The molecule has 0 aliphatic carbocycles. The summed E-state index contributed by atoms with van der Waals surface area (Å²) in [6.45, 7) is 3.35. The molecule has 0 amide bonds. The standard InChI is InChI=1S/C13H22N2O3/c1-4-18-8-7-11(15-14)10-5-6-12(16-2)13(9-10)17-3/h5-6,9,11,15H,4,7-8,14H2,1-3H3. The van der Waals surface area contributed by atoms with E-state index in [2.05, 4.69) is 5.43 Å². The van der Waals surface area contributed by atoms with Crippen LogP contribution in [0.4, 0.5) is 0 Å². The summed E-state index contributed by atoms with van der Waals surface area (Å²) in [6, 6.07) is 5.81. The van der Waals surface area contributed by atoms with Crippen LogP contribution in [-0.2, 0) is 4.74 Å². The summed E-state index contributed by atoms with van der Waals surface area (Å²) in [6.07, 6.45) is 0.805. The van der Waals surface area contributed by atoms with E-state index in [4.69, 9.17) is 20.1 Å². The fourth-order valence-corrected chi connectivity index (χ4v) is 1.76. The number of hydrogen-bond donors (Lipinski definition) is 2. The van der Waals surface area contributed by atoms with Crippen molar-refractivity contribution in [1.82, 2.24) is 5.43 Å². The van der Waals surface area contributed by atoms with Gasteiger partial charge in [-0.05, 0) is 31.0 Å². The molecular formula is C13H22N2O3. The molecule has 0 aliphatic heterocycles. The van der Waals surface area contributed by atoms with E-state index < -0.39 is 0 Å². The molecule has 0 radical (unpaired) electrons. The van der Waals surface area contributed by atoms with E-state index in [1.165, 1.54) is 0 Å². The van der Waals surface area contributed by atoms with Gasteiger partial charge >= 0.3 is 0 Å². The quantitative estimate of drug-likeness (QED) is 0.419. The molecule has 0 heterocycles. The van der Waals surface area contributed by atoms with Gasteiger partial charge < -0.3 is 14.2 Å². The number of rotatable bonds is 8. The molecule has 1 atom stereocenters. The third-order valence-corrected chi connectivity index (χ3v) is 2.77. The van der Waals surface area contributed by atoms with E-state index in [9.17, 15) is 0 Å². The fraction of sp³-hybridized carbons (Fsp3) is 0.538. The van der Waals surface area contributed by atoms with E-state index in [1.807, 2.05) is 25.1 Å². The molecule has 1 aromatic carbocycles. The van der Waals surface area contributed by atoms with Crippen molar-refractivity contribution >= 4 is 0 Å². The predicted molar refractivity (Wildman–Crippen MR) is 70.7 cm³/mol. The molecule has 0 spiro atoms. The molecule has 0 saturated carbocycles. The van der Waals surface area contributed by atoms with Gasteiger partial charge in [0.15, 0.2) is 11.5 Å². The highest BCUT2D eigenvalue weighted by molar-refractivity contribution is 5.43. The van der Waals surface area contributed by atoms with E-state index in [0.717, 1.165) is 12.0 Å². The van der Waals surface area contributed by atoms with Gasteiger partial charge in [-0.3, -0.25) is 11.3 Å². The van der Waals surface area contributed by atoms with Crippen LogP contribution in [0.5, 0.6) is 11.5 Å². The van der Waals surface area contributed by atoms with Gasteiger partial charge in [0.2, 0.25) is 0 Å². The Labute approximate surface area is 108 Å². The van der Waals surface area contributed by atoms with Crippen LogP contribution in [-0.4, -0.2) is 27.4 Å². The molecule has 0 aromatic heterocycles. The van der Waals surface area contributed by atoms with Crippen molar-refractivity contribution in [2.24, 2.45) is 5.84 Å². The third kappa shape index (κ3) is 3.87. The molecular weight excluding hydrogens is 232 g/mol. The van der Waals surface area contributed by atoms with E-state index in [0.29, 0.717) is 24.7 Å². The Morgan fingerprint density at radius 1 is 1.22 bits per heavy atom. The van der Waals surface area contributed by atoms with Crippen LogP contribution >= 0.6 is 0 Å². The van der Waals surface area contributed by atoms with Crippen LogP contribution in [0, 0.1) is 0 Å². The summed E-state index contributed by atoms with van der Waals surface area (Å²) in [7, 11) is 3.23. The van der Waals surface area contributed by atoms with Crippen molar-refractivity contribution in [3.05, 3.63) is 23.8 Å². The molecule has 3 N–H and O–H groups in total. The summed E-state index contributed by atoms with van der Waals surface area (Å²) < 4.78 is 15.8. The van der Waals surface area contributed by atoms with Crippen LogP contribution in [0.25, 0.3) is 0 Å². The molecule has 1 rings (SSSR count). The smallest absolute Gasteiger partial charge is 0.161 e. The lowest BCUT2D eigenvalue weighted by molar-refractivity contribution is 0.136. The average Bonchev–Trinajstić information content (AvgIpc) is 2.43. The zero-order valence-electron chi connectivity index (χ0n) is 11.2. The van der Waals surface area contributed by atoms with Crippen molar-refractivity contribution in [2.45, 2.75) is 19.4 Å². The Hall–Kier alpha value is -1.30. The molecule has 5 heteroatoms. The Balaban J connectivity index is 2.79.